The lowest BCUT2D eigenvalue weighted by atomic mass is 9.94. The third kappa shape index (κ3) is 1.54. The van der Waals surface area contributed by atoms with Crippen LogP contribution in [-0.2, 0) is 10.2 Å². The minimum absolute atomic E-state index is 0.381. The van der Waals surface area contributed by atoms with E-state index < -0.39 is 5.41 Å². The van der Waals surface area contributed by atoms with Crippen LogP contribution in [0.15, 0.2) is 12.1 Å². The van der Waals surface area contributed by atoms with Crippen LogP contribution < -0.4 is 10.6 Å². The lowest BCUT2D eigenvalue weighted by Crippen LogP contribution is -2.19. The molecule has 1 saturated carbocycles. The number of benzene rings is 1. The van der Waals surface area contributed by atoms with Gasteiger partial charge in [-0.05, 0) is 25.0 Å². The van der Waals surface area contributed by atoms with Crippen LogP contribution >= 0.6 is 0 Å². The second kappa shape index (κ2) is 3.47. The van der Waals surface area contributed by atoms with E-state index in [1.807, 2.05) is 14.1 Å². The Hall–Kier alpha value is -1.58. The van der Waals surface area contributed by atoms with Crippen molar-refractivity contribution < 1.29 is 9.18 Å². The maximum atomic E-state index is 13.9. The van der Waals surface area contributed by atoms with Gasteiger partial charge in [-0.25, -0.2) is 4.39 Å². The number of anilines is 2. The summed E-state index contributed by atoms with van der Waals surface area (Å²) in [6.45, 7) is 0. The van der Waals surface area contributed by atoms with Gasteiger partial charge in [-0.3, -0.25) is 0 Å². The maximum Gasteiger partial charge on any atom is 0.131 e. The number of nitrogens with zero attached hydrogens (tertiary/aromatic N) is 1. The highest BCUT2D eigenvalue weighted by Gasteiger charge is 2.48. The van der Waals surface area contributed by atoms with E-state index in [1.165, 1.54) is 6.07 Å². The molecule has 3 nitrogen and oxygen atoms in total. The Labute approximate surface area is 94.0 Å². The van der Waals surface area contributed by atoms with Crippen molar-refractivity contribution in [2.24, 2.45) is 0 Å². The number of halogens is 1. The number of carbonyl (C=O) groups excluding carboxylic acids is 1. The molecule has 1 fully saturated rings. The molecule has 1 aromatic rings. The molecule has 86 valence electrons. The first kappa shape index (κ1) is 10.9. The van der Waals surface area contributed by atoms with Gasteiger partial charge < -0.3 is 15.4 Å². The van der Waals surface area contributed by atoms with E-state index in [9.17, 15) is 9.18 Å². The zero-order valence-corrected chi connectivity index (χ0v) is 9.46. The molecule has 16 heavy (non-hydrogen) atoms. The van der Waals surface area contributed by atoms with Gasteiger partial charge in [0.25, 0.3) is 0 Å². The number of aldehydes is 1. The predicted molar refractivity (Wildman–Crippen MR) is 62.1 cm³/mol. The average molecular weight is 222 g/mol. The minimum Gasteiger partial charge on any atom is -0.399 e. The molecule has 1 aliphatic carbocycles. The summed E-state index contributed by atoms with van der Waals surface area (Å²) in [6, 6.07) is 2.99. The van der Waals surface area contributed by atoms with Crippen molar-refractivity contribution in [1.29, 1.82) is 0 Å². The molecule has 2 N–H and O–H groups in total. The first-order valence-corrected chi connectivity index (χ1v) is 5.23. The summed E-state index contributed by atoms with van der Waals surface area (Å²) < 4.78 is 13.9. The van der Waals surface area contributed by atoms with Crippen molar-refractivity contribution in [2.75, 3.05) is 24.7 Å². The zero-order chi connectivity index (χ0) is 11.9. The molecule has 0 radical (unpaired) electrons. The molecule has 0 atom stereocenters. The highest BCUT2D eigenvalue weighted by Crippen LogP contribution is 2.50. The van der Waals surface area contributed by atoms with Crippen LogP contribution in [0.3, 0.4) is 0 Å². The quantitative estimate of drug-likeness (QED) is 0.625. The van der Waals surface area contributed by atoms with Gasteiger partial charge in [0.05, 0.1) is 5.41 Å². The van der Waals surface area contributed by atoms with E-state index in [0.717, 1.165) is 19.1 Å². The molecule has 0 unspecified atom stereocenters. The van der Waals surface area contributed by atoms with Crippen molar-refractivity contribution in [1.82, 2.24) is 0 Å². The molecule has 0 amide bonds. The van der Waals surface area contributed by atoms with Gasteiger partial charge >= 0.3 is 0 Å². The van der Waals surface area contributed by atoms with Crippen LogP contribution in [0, 0.1) is 5.82 Å². The van der Waals surface area contributed by atoms with Crippen LogP contribution in [0.5, 0.6) is 0 Å². The minimum atomic E-state index is -0.614. The van der Waals surface area contributed by atoms with Gasteiger partial charge in [-0.2, -0.15) is 0 Å². The smallest absolute Gasteiger partial charge is 0.131 e. The number of carbonyl (C=O) groups is 1. The van der Waals surface area contributed by atoms with Gasteiger partial charge in [0, 0.05) is 31.0 Å². The first-order valence-electron chi connectivity index (χ1n) is 5.23. The van der Waals surface area contributed by atoms with Crippen LogP contribution in [0.4, 0.5) is 15.8 Å². The predicted octanol–water partition coefficient (Wildman–Crippen LogP) is 1.70. The van der Waals surface area contributed by atoms with E-state index >= 15 is 0 Å². The molecule has 1 aliphatic rings. The molecule has 0 spiro atoms. The van der Waals surface area contributed by atoms with Crippen LogP contribution in [0.2, 0.25) is 0 Å². The molecule has 0 bridgehead atoms. The molecule has 0 aliphatic heterocycles. The fraction of sp³-hybridized carbons (Fsp3) is 0.417. The van der Waals surface area contributed by atoms with E-state index in [2.05, 4.69) is 0 Å². The number of hydrogen-bond donors (Lipinski definition) is 1. The van der Waals surface area contributed by atoms with E-state index in [4.69, 9.17) is 5.73 Å². The molecule has 0 saturated heterocycles. The van der Waals surface area contributed by atoms with Crippen LogP contribution in [0.25, 0.3) is 0 Å². The van der Waals surface area contributed by atoms with Crippen LogP contribution in [0.1, 0.15) is 18.4 Å². The fourth-order valence-electron chi connectivity index (χ4n) is 2.02. The van der Waals surface area contributed by atoms with Gasteiger partial charge in [-0.15, -0.1) is 0 Å². The van der Waals surface area contributed by atoms with Crippen molar-refractivity contribution in [3.8, 4) is 0 Å². The molecule has 1 aromatic carbocycles. The second-order valence-electron chi connectivity index (χ2n) is 4.57. The van der Waals surface area contributed by atoms with Crippen molar-refractivity contribution in [2.45, 2.75) is 18.3 Å². The van der Waals surface area contributed by atoms with Gasteiger partial charge in [0.1, 0.15) is 12.1 Å². The molecule has 0 aromatic heterocycles. The number of nitrogens with two attached hydrogens (primary N) is 1. The Morgan fingerprint density at radius 1 is 1.44 bits per heavy atom. The Bertz CT molecular complexity index is 439. The number of hydrogen-bond acceptors (Lipinski definition) is 3. The summed E-state index contributed by atoms with van der Waals surface area (Å²) in [4.78, 5) is 12.9. The number of rotatable bonds is 3. The molecule has 0 heterocycles. The van der Waals surface area contributed by atoms with Crippen molar-refractivity contribution >= 4 is 17.7 Å². The Morgan fingerprint density at radius 3 is 2.50 bits per heavy atom. The van der Waals surface area contributed by atoms with E-state index in [-0.39, 0.29) is 5.82 Å². The largest absolute Gasteiger partial charge is 0.399 e. The highest BCUT2D eigenvalue weighted by molar-refractivity contribution is 5.79. The standard InChI is InChI=1S/C12H15FN2O/c1-15(2)10-6-8(14)5-9(13)11(10)12(7-16)3-4-12/h5-7H,3-4,14H2,1-2H3. The van der Waals surface area contributed by atoms with Crippen molar-refractivity contribution in [3.63, 3.8) is 0 Å². The van der Waals surface area contributed by atoms with Gasteiger partial charge in [-0.1, -0.05) is 0 Å². The molecule has 2 rings (SSSR count). The fourth-order valence-corrected chi connectivity index (χ4v) is 2.02. The highest BCUT2D eigenvalue weighted by atomic mass is 19.1. The van der Waals surface area contributed by atoms with Gasteiger partial charge in [0.2, 0.25) is 0 Å². The van der Waals surface area contributed by atoms with Gasteiger partial charge in [0.15, 0.2) is 0 Å². The monoisotopic (exact) mass is 222 g/mol. The maximum absolute atomic E-state index is 13.9. The summed E-state index contributed by atoms with van der Waals surface area (Å²) in [5, 5.41) is 0. The Balaban J connectivity index is 2.63. The third-order valence-corrected chi connectivity index (χ3v) is 3.09. The first-order chi connectivity index (χ1) is 7.50. The third-order valence-electron chi connectivity index (χ3n) is 3.09. The summed E-state index contributed by atoms with van der Waals surface area (Å²) in [5.41, 5.74) is 6.57. The van der Waals surface area contributed by atoms with Crippen LogP contribution in [-0.4, -0.2) is 20.4 Å². The molecule has 4 heteroatoms. The van der Waals surface area contributed by atoms with E-state index in [1.54, 1.807) is 11.0 Å². The lowest BCUT2D eigenvalue weighted by Gasteiger charge is -2.21. The number of nitrogen functional groups attached to an aromatic ring is 1. The molecular formula is C12H15FN2O. The SMILES string of the molecule is CN(C)c1cc(N)cc(F)c1C1(C=O)CC1. The normalized spacial score (nSPS) is 16.9. The second-order valence-corrected chi connectivity index (χ2v) is 4.57. The van der Waals surface area contributed by atoms with Crippen molar-refractivity contribution in [3.05, 3.63) is 23.5 Å². The summed E-state index contributed by atoms with van der Waals surface area (Å²) >= 11 is 0. The average Bonchev–Trinajstić information content (AvgIpc) is 2.97. The van der Waals surface area contributed by atoms with E-state index in [0.29, 0.717) is 16.9 Å². The Morgan fingerprint density at radius 2 is 2.06 bits per heavy atom. The summed E-state index contributed by atoms with van der Waals surface area (Å²) in [5.74, 6) is -0.381. The zero-order valence-electron chi connectivity index (χ0n) is 9.46. The lowest BCUT2D eigenvalue weighted by molar-refractivity contribution is -0.109. The Kier molecular flexibility index (Phi) is 2.37. The topological polar surface area (TPSA) is 46.3 Å². The summed E-state index contributed by atoms with van der Waals surface area (Å²) in [6.07, 6.45) is 2.30. The summed E-state index contributed by atoms with van der Waals surface area (Å²) in [7, 11) is 3.64. The molecular weight excluding hydrogens is 207 g/mol.